The molecule has 0 atom stereocenters. The van der Waals surface area contributed by atoms with E-state index in [1.807, 2.05) is 0 Å². The van der Waals surface area contributed by atoms with Crippen LogP contribution < -0.4 is 10.9 Å². The number of pyridine rings is 2. The van der Waals surface area contributed by atoms with Gasteiger partial charge in [-0.05, 0) is 53.6 Å². The van der Waals surface area contributed by atoms with E-state index in [0.717, 1.165) is 5.56 Å². The molecule has 4 rings (SSSR count). The molecule has 0 aliphatic rings. The zero-order valence-corrected chi connectivity index (χ0v) is 17.9. The third-order valence-electron chi connectivity index (χ3n) is 5.29. The zero-order valence-electron chi connectivity index (χ0n) is 17.1. The molecule has 0 saturated carbocycles. The first kappa shape index (κ1) is 21.5. The van der Waals surface area contributed by atoms with Gasteiger partial charge in [0, 0.05) is 43.4 Å². The highest BCUT2D eigenvalue weighted by Crippen LogP contribution is 2.29. The predicted octanol–water partition coefficient (Wildman–Crippen LogP) is 3.95. The molecule has 2 heterocycles. The van der Waals surface area contributed by atoms with Crippen LogP contribution in [0, 0.1) is 5.82 Å². The molecule has 0 unspecified atom stereocenters. The molecular weight excluding hydrogens is 433 g/mol. The Bertz CT molecular complexity index is 1390. The third-order valence-corrected chi connectivity index (χ3v) is 5.60. The van der Waals surface area contributed by atoms with Crippen molar-refractivity contribution in [3.05, 3.63) is 104 Å². The number of halogens is 2. The van der Waals surface area contributed by atoms with Gasteiger partial charge in [-0.15, -0.1) is 0 Å². The summed E-state index contributed by atoms with van der Waals surface area (Å²) in [7, 11) is 1.58. The Hall–Kier alpha value is -3.71. The topological polar surface area (TPSA) is 84.2 Å². The van der Waals surface area contributed by atoms with Gasteiger partial charge in [0.1, 0.15) is 11.6 Å². The van der Waals surface area contributed by atoms with Gasteiger partial charge in [0.05, 0.1) is 16.1 Å². The number of benzene rings is 2. The number of carbonyl (C=O) groups is 1. The van der Waals surface area contributed by atoms with E-state index in [0.29, 0.717) is 28.6 Å². The van der Waals surface area contributed by atoms with Crippen molar-refractivity contribution in [3.8, 4) is 5.75 Å². The largest absolute Gasteiger partial charge is 0.507 e. The van der Waals surface area contributed by atoms with Crippen molar-refractivity contribution in [1.82, 2.24) is 14.9 Å². The van der Waals surface area contributed by atoms with Crippen LogP contribution in [-0.4, -0.2) is 20.6 Å². The number of aromatic nitrogens is 2. The predicted molar refractivity (Wildman–Crippen MR) is 120 cm³/mol. The summed E-state index contributed by atoms with van der Waals surface area (Å²) >= 11 is 5.73. The molecule has 2 aromatic carbocycles. The molecule has 8 heteroatoms. The number of amides is 1. The number of fused-ring (bicyclic) bond motifs is 1. The second-order valence-corrected chi connectivity index (χ2v) is 7.79. The first-order chi connectivity index (χ1) is 15.3. The Morgan fingerprint density at radius 3 is 2.59 bits per heavy atom. The Morgan fingerprint density at radius 2 is 1.88 bits per heavy atom. The van der Waals surface area contributed by atoms with Crippen LogP contribution in [0.1, 0.15) is 27.0 Å². The van der Waals surface area contributed by atoms with E-state index >= 15 is 0 Å². The molecule has 32 heavy (non-hydrogen) atoms. The van der Waals surface area contributed by atoms with Crippen molar-refractivity contribution in [3.63, 3.8) is 0 Å². The van der Waals surface area contributed by atoms with Crippen molar-refractivity contribution < 1.29 is 14.3 Å². The van der Waals surface area contributed by atoms with Crippen LogP contribution in [0.15, 0.2) is 65.7 Å². The van der Waals surface area contributed by atoms with Crippen LogP contribution in [-0.2, 0) is 20.0 Å². The fraction of sp³-hybridized carbons (Fsp3) is 0.125. The van der Waals surface area contributed by atoms with Gasteiger partial charge in [-0.25, -0.2) is 4.39 Å². The molecule has 0 spiro atoms. The molecule has 6 nitrogen and oxygen atoms in total. The van der Waals surface area contributed by atoms with Crippen LogP contribution in [0.25, 0.3) is 10.9 Å². The summed E-state index contributed by atoms with van der Waals surface area (Å²) in [5, 5.41) is 14.0. The van der Waals surface area contributed by atoms with Crippen LogP contribution in [0.4, 0.5) is 4.39 Å². The molecule has 0 fully saturated rings. The minimum absolute atomic E-state index is 0.0149. The quantitative estimate of drug-likeness (QED) is 0.481. The molecule has 0 aliphatic heterocycles. The Balaban J connectivity index is 1.69. The van der Waals surface area contributed by atoms with E-state index in [1.54, 1.807) is 49.8 Å². The van der Waals surface area contributed by atoms with Crippen molar-refractivity contribution in [2.24, 2.45) is 7.05 Å². The SMILES string of the molecule is Cn1c(=O)c(Cc2ccc(Cl)c(F)c2)c(O)c2cc(C(=O)NCc3ccncc3)ccc21. The minimum atomic E-state index is -0.602. The van der Waals surface area contributed by atoms with E-state index < -0.39 is 11.4 Å². The van der Waals surface area contributed by atoms with Gasteiger partial charge >= 0.3 is 0 Å². The normalized spacial score (nSPS) is 11.0. The summed E-state index contributed by atoms with van der Waals surface area (Å²) in [6, 6.07) is 12.6. The maximum absolute atomic E-state index is 13.8. The standard InChI is InChI=1S/C24H19ClFN3O3/c1-29-21-5-3-16(23(31)28-13-14-6-8-27-9-7-14)12-17(21)22(30)18(24(29)32)10-15-2-4-19(25)20(26)11-15/h2-9,11-12,30H,10,13H2,1H3,(H,28,31). The number of hydrogen-bond donors (Lipinski definition) is 2. The Kier molecular flexibility index (Phi) is 5.92. The molecule has 0 saturated heterocycles. The lowest BCUT2D eigenvalue weighted by Crippen LogP contribution is -2.24. The van der Waals surface area contributed by atoms with E-state index in [4.69, 9.17) is 11.6 Å². The lowest BCUT2D eigenvalue weighted by atomic mass is 10.0. The van der Waals surface area contributed by atoms with Gasteiger partial charge in [0.15, 0.2) is 0 Å². The zero-order chi connectivity index (χ0) is 22.8. The van der Waals surface area contributed by atoms with E-state index in [-0.39, 0.29) is 28.7 Å². The lowest BCUT2D eigenvalue weighted by molar-refractivity contribution is 0.0951. The maximum Gasteiger partial charge on any atom is 0.258 e. The summed E-state index contributed by atoms with van der Waals surface area (Å²) in [6.45, 7) is 0.325. The van der Waals surface area contributed by atoms with Gasteiger partial charge < -0.3 is 15.0 Å². The minimum Gasteiger partial charge on any atom is -0.507 e. The maximum atomic E-state index is 13.8. The van der Waals surface area contributed by atoms with Crippen LogP contribution in [0.3, 0.4) is 0 Å². The fourth-order valence-corrected chi connectivity index (χ4v) is 3.65. The van der Waals surface area contributed by atoms with E-state index in [1.165, 1.54) is 22.8 Å². The molecule has 4 aromatic rings. The number of nitrogens with zero attached hydrogens (tertiary/aromatic N) is 2. The smallest absolute Gasteiger partial charge is 0.258 e. The van der Waals surface area contributed by atoms with Gasteiger partial charge in [-0.2, -0.15) is 0 Å². The molecule has 0 bridgehead atoms. The second-order valence-electron chi connectivity index (χ2n) is 7.39. The average molecular weight is 452 g/mol. The highest BCUT2D eigenvalue weighted by Gasteiger charge is 2.17. The summed E-state index contributed by atoms with van der Waals surface area (Å²) in [4.78, 5) is 29.4. The van der Waals surface area contributed by atoms with Crippen LogP contribution >= 0.6 is 11.6 Å². The van der Waals surface area contributed by atoms with Crippen molar-refractivity contribution >= 4 is 28.4 Å². The fourth-order valence-electron chi connectivity index (χ4n) is 3.53. The van der Waals surface area contributed by atoms with E-state index in [2.05, 4.69) is 10.3 Å². The van der Waals surface area contributed by atoms with E-state index in [9.17, 15) is 19.1 Å². The molecule has 0 aliphatic carbocycles. The molecule has 2 N–H and O–H groups in total. The number of nitrogens with one attached hydrogen (secondary N) is 1. The summed E-state index contributed by atoms with van der Waals surface area (Å²) in [5.74, 6) is -1.16. The van der Waals surface area contributed by atoms with Crippen LogP contribution in [0.2, 0.25) is 5.02 Å². The number of aryl methyl sites for hydroxylation is 1. The molecular formula is C24H19ClFN3O3. The summed E-state index contributed by atoms with van der Waals surface area (Å²) in [5.41, 5.74) is 1.91. The van der Waals surface area contributed by atoms with Gasteiger partial charge in [-0.1, -0.05) is 17.7 Å². The second kappa shape index (κ2) is 8.80. The first-order valence-electron chi connectivity index (χ1n) is 9.80. The van der Waals surface area contributed by atoms with Gasteiger partial charge in [0.25, 0.3) is 11.5 Å². The third kappa shape index (κ3) is 4.20. The lowest BCUT2D eigenvalue weighted by Gasteiger charge is -2.13. The number of aromatic hydroxyl groups is 1. The first-order valence-corrected chi connectivity index (χ1v) is 10.2. The highest BCUT2D eigenvalue weighted by molar-refractivity contribution is 6.30. The van der Waals surface area contributed by atoms with Crippen LogP contribution in [0.5, 0.6) is 5.75 Å². The highest BCUT2D eigenvalue weighted by atomic mass is 35.5. The molecule has 2 aromatic heterocycles. The monoisotopic (exact) mass is 451 g/mol. The van der Waals surface area contributed by atoms with Gasteiger partial charge in [-0.3, -0.25) is 14.6 Å². The summed E-state index contributed by atoms with van der Waals surface area (Å²) < 4.78 is 15.2. The number of carbonyl (C=O) groups excluding carboxylic acids is 1. The van der Waals surface area contributed by atoms with Crippen molar-refractivity contribution in [2.75, 3.05) is 0 Å². The Morgan fingerprint density at radius 1 is 1.12 bits per heavy atom. The van der Waals surface area contributed by atoms with Gasteiger partial charge in [0.2, 0.25) is 0 Å². The number of rotatable bonds is 5. The summed E-state index contributed by atoms with van der Waals surface area (Å²) in [6.07, 6.45) is 3.30. The molecule has 0 radical (unpaired) electrons. The number of hydrogen-bond acceptors (Lipinski definition) is 4. The van der Waals surface area contributed by atoms with Crippen molar-refractivity contribution in [2.45, 2.75) is 13.0 Å². The molecule has 162 valence electrons. The molecule has 1 amide bonds. The van der Waals surface area contributed by atoms with Crippen molar-refractivity contribution in [1.29, 1.82) is 0 Å². The Labute approximate surface area is 187 Å². The average Bonchev–Trinajstić information content (AvgIpc) is 2.81.